The van der Waals surface area contributed by atoms with Gasteiger partial charge in [-0.1, -0.05) is 6.07 Å². The standard InChI is InChI=1S/C15H17FN2OS/c16-11-3-4-13(19)12(10-11)15(14-2-1-9-20-14)18-7-5-17-6-8-18/h1-4,9-10,15,17,19H,5-8H2/t15-/m1/s1. The van der Waals surface area contributed by atoms with Gasteiger partial charge in [-0.2, -0.15) is 0 Å². The van der Waals surface area contributed by atoms with Gasteiger partial charge < -0.3 is 10.4 Å². The van der Waals surface area contributed by atoms with Gasteiger partial charge in [0, 0.05) is 36.6 Å². The zero-order valence-corrected chi connectivity index (χ0v) is 11.9. The monoisotopic (exact) mass is 292 g/mol. The van der Waals surface area contributed by atoms with Crippen molar-refractivity contribution in [3.8, 4) is 5.75 Å². The van der Waals surface area contributed by atoms with E-state index in [2.05, 4.69) is 10.2 Å². The molecule has 1 aliphatic rings. The number of phenolic OH excluding ortho intramolecular Hbond substituents is 1. The number of hydrogen-bond donors (Lipinski definition) is 2. The molecule has 1 saturated heterocycles. The molecule has 1 fully saturated rings. The van der Waals surface area contributed by atoms with E-state index in [1.165, 1.54) is 18.2 Å². The summed E-state index contributed by atoms with van der Waals surface area (Å²) in [5.74, 6) is -0.155. The van der Waals surface area contributed by atoms with E-state index in [0.29, 0.717) is 5.56 Å². The average molecular weight is 292 g/mol. The molecule has 0 saturated carbocycles. The minimum atomic E-state index is -0.311. The van der Waals surface area contributed by atoms with Crippen molar-refractivity contribution in [1.29, 1.82) is 0 Å². The molecule has 106 valence electrons. The first-order valence-corrected chi connectivity index (χ1v) is 7.60. The predicted molar refractivity (Wildman–Crippen MR) is 78.7 cm³/mol. The van der Waals surface area contributed by atoms with Gasteiger partial charge in [-0.05, 0) is 29.6 Å². The zero-order valence-electron chi connectivity index (χ0n) is 11.1. The number of piperazine rings is 1. The molecule has 0 radical (unpaired) electrons. The summed E-state index contributed by atoms with van der Waals surface area (Å²) in [4.78, 5) is 3.42. The highest BCUT2D eigenvalue weighted by atomic mass is 32.1. The second kappa shape index (κ2) is 5.91. The Morgan fingerprint density at radius 3 is 2.75 bits per heavy atom. The van der Waals surface area contributed by atoms with Gasteiger partial charge in [-0.3, -0.25) is 4.90 Å². The lowest BCUT2D eigenvalue weighted by Gasteiger charge is -2.35. The van der Waals surface area contributed by atoms with Crippen molar-refractivity contribution in [3.63, 3.8) is 0 Å². The van der Waals surface area contributed by atoms with Crippen LogP contribution in [0.4, 0.5) is 4.39 Å². The fraction of sp³-hybridized carbons (Fsp3) is 0.333. The normalized spacial score (nSPS) is 18.1. The van der Waals surface area contributed by atoms with E-state index < -0.39 is 0 Å². The lowest BCUT2D eigenvalue weighted by molar-refractivity contribution is 0.197. The molecule has 2 N–H and O–H groups in total. The van der Waals surface area contributed by atoms with Crippen LogP contribution < -0.4 is 5.32 Å². The molecule has 0 amide bonds. The van der Waals surface area contributed by atoms with E-state index >= 15 is 0 Å². The molecular formula is C15H17FN2OS. The van der Waals surface area contributed by atoms with Crippen molar-refractivity contribution in [2.24, 2.45) is 0 Å². The van der Waals surface area contributed by atoms with Crippen LogP contribution in [0.15, 0.2) is 35.7 Å². The summed E-state index contributed by atoms with van der Waals surface area (Å²) in [6.07, 6.45) is 0. The molecule has 3 rings (SSSR count). The molecule has 0 bridgehead atoms. The molecule has 1 aromatic heterocycles. The van der Waals surface area contributed by atoms with Gasteiger partial charge in [0.2, 0.25) is 0 Å². The summed E-state index contributed by atoms with van der Waals surface area (Å²) in [7, 11) is 0. The lowest BCUT2D eigenvalue weighted by Crippen LogP contribution is -2.45. The van der Waals surface area contributed by atoms with Crippen molar-refractivity contribution in [3.05, 3.63) is 52.0 Å². The van der Waals surface area contributed by atoms with Crippen LogP contribution in [0.2, 0.25) is 0 Å². The third kappa shape index (κ3) is 2.70. The van der Waals surface area contributed by atoms with Crippen LogP contribution in [0.25, 0.3) is 0 Å². The molecule has 3 nitrogen and oxygen atoms in total. The van der Waals surface area contributed by atoms with Crippen molar-refractivity contribution < 1.29 is 9.50 Å². The molecule has 0 spiro atoms. The van der Waals surface area contributed by atoms with Gasteiger partial charge in [0.25, 0.3) is 0 Å². The van der Waals surface area contributed by atoms with Crippen molar-refractivity contribution in [2.45, 2.75) is 6.04 Å². The van der Waals surface area contributed by atoms with E-state index in [9.17, 15) is 9.50 Å². The molecule has 2 aromatic rings. The number of hydrogen-bond acceptors (Lipinski definition) is 4. The lowest BCUT2D eigenvalue weighted by atomic mass is 10.0. The molecule has 1 atom stereocenters. The first kappa shape index (κ1) is 13.5. The Balaban J connectivity index is 2.02. The maximum Gasteiger partial charge on any atom is 0.123 e. The molecule has 2 heterocycles. The Labute approximate surface area is 121 Å². The first-order chi connectivity index (χ1) is 9.75. The van der Waals surface area contributed by atoms with Crippen LogP contribution in [0, 0.1) is 5.82 Å². The number of aromatic hydroxyl groups is 1. The number of nitrogens with one attached hydrogen (secondary N) is 1. The van der Waals surface area contributed by atoms with Gasteiger partial charge >= 0.3 is 0 Å². The highest BCUT2D eigenvalue weighted by molar-refractivity contribution is 7.10. The van der Waals surface area contributed by atoms with E-state index in [1.807, 2.05) is 17.5 Å². The zero-order chi connectivity index (χ0) is 13.9. The van der Waals surface area contributed by atoms with Gasteiger partial charge in [0.1, 0.15) is 11.6 Å². The maximum absolute atomic E-state index is 13.6. The Morgan fingerprint density at radius 1 is 1.25 bits per heavy atom. The van der Waals surface area contributed by atoms with Crippen LogP contribution in [0.5, 0.6) is 5.75 Å². The first-order valence-electron chi connectivity index (χ1n) is 6.72. The van der Waals surface area contributed by atoms with Crippen LogP contribution >= 0.6 is 11.3 Å². The minimum Gasteiger partial charge on any atom is -0.508 e. The summed E-state index contributed by atoms with van der Waals surface area (Å²) in [6.45, 7) is 3.60. The van der Waals surface area contributed by atoms with Crippen LogP contribution in [0.3, 0.4) is 0 Å². The topological polar surface area (TPSA) is 35.5 Å². The Bertz CT molecular complexity index is 567. The molecule has 0 aliphatic carbocycles. The van der Waals surface area contributed by atoms with Crippen LogP contribution in [-0.4, -0.2) is 36.2 Å². The maximum atomic E-state index is 13.6. The molecule has 0 unspecified atom stereocenters. The summed E-state index contributed by atoms with van der Waals surface area (Å²) in [5.41, 5.74) is 0.648. The van der Waals surface area contributed by atoms with Gasteiger partial charge in [-0.15, -0.1) is 11.3 Å². The number of nitrogens with zero attached hydrogens (tertiary/aromatic N) is 1. The molecule has 5 heteroatoms. The Hall–Kier alpha value is -1.43. The fourth-order valence-corrected chi connectivity index (χ4v) is 3.54. The van der Waals surface area contributed by atoms with Crippen LogP contribution in [0.1, 0.15) is 16.5 Å². The highest BCUT2D eigenvalue weighted by Crippen LogP contribution is 2.36. The summed E-state index contributed by atoms with van der Waals surface area (Å²) >= 11 is 1.64. The largest absolute Gasteiger partial charge is 0.508 e. The van der Waals surface area contributed by atoms with Crippen molar-refractivity contribution in [2.75, 3.05) is 26.2 Å². The van der Waals surface area contributed by atoms with Crippen molar-refractivity contribution in [1.82, 2.24) is 10.2 Å². The molecular weight excluding hydrogens is 275 g/mol. The second-order valence-electron chi connectivity index (χ2n) is 4.91. The van der Waals surface area contributed by atoms with Gasteiger partial charge in [-0.25, -0.2) is 4.39 Å². The predicted octanol–water partition coefficient (Wildman–Crippen LogP) is 2.59. The second-order valence-corrected chi connectivity index (χ2v) is 5.89. The number of benzene rings is 1. The summed E-state index contributed by atoms with van der Waals surface area (Å²) in [5, 5.41) is 15.5. The third-order valence-electron chi connectivity index (χ3n) is 3.61. The van der Waals surface area contributed by atoms with E-state index in [0.717, 1.165) is 31.1 Å². The summed E-state index contributed by atoms with van der Waals surface area (Å²) in [6, 6.07) is 8.14. The molecule has 1 aliphatic heterocycles. The van der Waals surface area contributed by atoms with E-state index in [4.69, 9.17) is 0 Å². The van der Waals surface area contributed by atoms with Gasteiger partial charge in [0.15, 0.2) is 0 Å². The molecule has 1 aromatic carbocycles. The van der Waals surface area contributed by atoms with Gasteiger partial charge in [0.05, 0.1) is 6.04 Å². The van der Waals surface area contributed by atoms with E-state index in [1.54, 1.807) is 11.3 Å². The highest BCUT2D eigenvalue weighted by Gasteiger charge is 2.27. The number of rotatable bonds is 3. The smallest absolute Gasteiger partial charge is 0.123 e. The van der Waals surface area contributed by atoms with E-state index in [-0.39, 0.29) is 17.6 Å². The Morgan fingerprint density at radius 2 is 2.05 bits per heavy atom. The number of phenols is 1. The minimum absolute atomic E-state index is 0.0761. The quantitative estimate of drug-likeness (QED) is 0.913. The number of halogens is 1. The molecule has 20 heavy (non-hydrogen) atoms. The summed E-state index contributed by atoms with van der Waals surface area (Å²) < 4.78 is 13.6. The SMILES string of the molecule is Oc1ccc(F)cc1[C@H](c1cccs1)N1CCNCC1. The fourth-order valence-electron chi connectivity index (χ4n) is 2.66. The third-order valence-corrected chi connectivity index (χ3v) is 4.54. The van der Waals surface area contributed by atoms with Crippen molar-refractivity contribution >= 4 is 11.3 Å². The van der Waals surface area contributed by atoms with Crippen LogP contribution in [-0.2, 0) is 0 Å². The average Bonchev–Trinajstić information content (AvgIpc) is 2.98. The Kier molecular flexibility index (Phi) is 4.00. The number of thiophene rings is 1.